The zero-order valence-electron chi connectivity index (χ0n) is 19.2. The van der Waals surface area contributed by atoms with Crippen molar-refractivity contribution in [2.45, 2.75) is 63.7 Å². The van der Waals surface area contributed by atoms with Crippen LogP contribution in [0.2, 0.25) is 0 Å². The minimum absolute atomic E-state index is 0.124. The zero-order valence-corrected chi connectivity index (χ0v) is 19.2. The Morgan fingerprint density at radius 1 is 1.03 bits per heavy atom. The maximum atomic E-state index is 12.5. The molecular weight excluding hydrogens is 410 g/mol. The summed E-state index contributed by atoms with van der Waals surface area (Å²) in [6, 6.07) is 4.43. The summed E-state index contributed by atoms with van der Waals surface area (Å²) in [6.07, 6.45) is 8.41. The zero-order chi connectivity index (χ0) is 22.5. The van der Waals surface area contributed by atoms with Crippen LogP contribution in [0.3, 0.4) is 0 Å². The summed E-state index contributed by atoms with van der Waals surface area (Å²) >= 11 is 0. The number of ether oxygens (including phenoxy) is 3. The summed E-state index contributed by atoms with van der Waals surface area (Å²) in [5.41, 5.74) is 1.44. The van der Waals surface area contributed by atoms with Gasteiger partial charge < -0.3 is 19.5 Å². The molecule has 1 aliphatic carbocycles. The Bertz CT molecular complexity index is 925. The van der Waals surface area contributed by atoms with E-state index < -0.39 is 0 Å². The van der Waals surface area contributed by atoms with Gasteiger partial charge in [0.05, 0.1) is 34.1 Å². The van der Waals surface area contributed by atoms with Crippen LogP contribution in [-0.2, 0) is 13.1 Å². The maximum absolute atomic E-state index is 12.5. The van der Waals surface area contributed by atoms with E-state index in [2.05, 4.69) is 20.5 Å². The van der Waals surface area contributed by atoms with Crippen LogP contribution in [-0.4, -0.2) is 65.8 Å². The number of carbonyl (C=O) groups excluding carboxylic acids is 1. The number of methoxy groups -OCH3 is 3. The summed E-state index contributed by atoms with van der Waals surface area (Å²) in [6.45, 7) is 2.42. The third kappa shape index (κ3) is 4.98. The van der Waals surface area contributed by atoms with Gasteiger partial charge in [-0.05, 0) is 38.3 Å². The second kappa shape index (κ2) is 10.2. The molecule has 2 fully saturated rings. The quantitative estimate of drug-likeness (QED) is 0.637. The molecule has 1 saturated carbocycles. The van der Waals surface area contributed by atoms with Crippen molar-refractivity contribution in [2.75, 3.05) is 27.9 Å². The Balaban J connectivity index is 1.41. The summed E-state index contributed by atoms with van der Waals surface area (Å²) in [4.78, 5) is 14.9. The Morgan fingerprint density at radius 3 is 2.47 bits per heavy atom. The second-order valence-corrected chi connectivity index (χ2v) is 8.57. The van der Waals surface area contributed by atoms with Crippen molar-refractivity contribution < 1.29 is 19.0 Å². The highest BCUT2D eigenvalue weighted by Crippen LogP contribution is 2.36. The lowest BCUT2D eigenvalue weighted by Crippen LogP contribution is -2.33. The van der Waals surface area contributed by atoms with Gasteiger partial charge in [-0.15, -0.1) is 5.10 Å². The fourth-order valence-corrected chi connectivity index (χ4v) is 4.78. The van der Waals surface area contributed by atoms with Crippen molar-refractivity contribution in [3.05, 3.63) is 29.6 Å². The number of amides is 1. The monoisotopic (exact) mass is 443 g/mol. The summed E-state index contributed by atoms with van der Waals surface area (Å²) < 4.78 is 18.3. The Hall–Kier alpha value is -2.81. The number of rotatable bonds is 9. The highest BCUT2D eigenvalue weighted by atomic mass is 16.5. The number of aromatic nitrogens is 3. The lowest BCUT2D eigenvalue weighted by molar-refractivity contribution is 0.0932. The average Bonchev–Trinajstić information content (AvgIpc) is 3.57. The van der Waals surface area contributed by atoms with Crippen LogP contribution < -0.4 is 19.5 Å². The van der Waals surface area contributed by atoms with Crippen molar-refractivity contribution in [1.29, 1.82) is 0 Å². The topological polar surface area (TPSA) is 90.7 Å². The van der Waals surface area contributed by atoms with Gasteiger partial charge in [-0.25, -0.2) is 0 Å². The molecule has 174 valence electrons. The molecule has 0 radical (unpaired) electrons. The molecule has 2 aromatic rings. The highest BCUT2D eigenvalue weighted by molar-refractivity contribution is 5.92. The van der Waals surface area contributed by atoms with E-state index in [0.29, 0.717) is 29.8 Å². The first kappa shape index (κ1) is 22.4. The fourth-order valence-electron chi connectivity index (χ4n) is 4.78. The van der Waals surface area contributed by atoms with E-state index in [9.17, 15) is 4.79 Å². The third-order valence-electron chi connectivity index (χ3n) is 6.52. The van der Waals surface area contributed by atoms with Gasteiger partial charge in [0, 0.05) is 30.3 Å². The van der Waals surface area contributed by atoms with E-state index >= 15 is 0 Å². The largest absolute Gasteiger partial charge is 0.496 e. The van der Waals surface area contributed by atoms with E-state index in [1.54, 1.807) is 32.2 Å². The normalized spacial score (nSPS) is 19.3. The first-order valence-electron chi connectivity index (χ1n) is 11.3. The van der Waals surface area contributed by atoms with Crippen molar-refractivity contribution in [3.63, 3.8) is 0 Å². The number of hydrogen-bond donors (Lipinski definition) is 1. The van der Waals surface area contributed by atoms with Crippen molar-refractivity contribution >= 4 is 5.91 Å². The Morgan fingerprint density at radius 2 is 1.75 bits per heavy atom. The van der Waals surface area contributed by atoms with Gasteiger partial charge in [-0.3, -0.25) is 14.4 Å². The highest BCUT2D eigenvalue weighted by Gasteiger charge is 2.27. The molecule has 0 spiro atoms. The maximum Gasteiger partial charge on any atom is 0.273 e. The molecule has 2 aliphatic rings. The molecule has 9 heteroatoms. The molecule has 2 heterocycles. The molecule has 0 unspecified atom stereocenters. The minimum Gasteiger partial charge on any atom is -0.496 e. The van der Waals surface area contributed by atoms with E-state index in [4.69, 9.17) is 14.2 Å². The number of nitrogens with one attached hydrogen (secondary N) is 1. The van der Waals surface area contributed by atoms with Gasteiger partial charge >= 0.3 is 0 Å². The lowest BCUT2D eigenvalue weighted by Gasteiger charge is -2.25. The van der Waals surface area contributed by atoms with Crippen molar-refractivity contribution in [3.8, 4) is 17.2 Å². The third-order valence-corrected chi connectivity index (χ3v) is 6.52. The van der Waals surface area contributed by atoms with E-state index in [0.717, 1.165) is 50.1 Å². The smallest absolute Gasteiger partial charge is 0.273 e. The fraction of sp³-hybridized carbons (Fsp3) is 0.609. The van der Waals surface area contributed by atoms with E-state index in [1.165, 1.54) is 12.8 Å². The summed E-state index contributed by atoms with van der Waals surface area (Å²) in [5.74, 6) is 1.99. The molecule has 1 atom stereocenters. The molecule has 0 bridgehead atoms. The van der Waals surface area contributed by atoms with E-state index in [-0.39, 0.29) is 11.9 Å². The van der Waals surface area contributed by atoms with Crippen LogP contribution in [0.5, 0.6) is 17.2 Å². The first-order valence-corrected chi connectivity index (χ1v) is 11.3. The van der Waals surface area contributed by atoms with Crippen LogP contribution in [0.15, 0.2) is 18.3 Å². The molecule has 1 N–H and O–H groups in total. The van der Waals surface area contributed by atoms with Crippen molar-refractivity contribution in [1.82, 2.24) is 25.2 Å². The van der Waals surface area contributed by atoms with Crippen molar-refractivity contribution in [2.24, 2.45) is 0 Å². The van der Waals surface area contributed by atoms with Crippen LogP contribution in [0.1, 0.15) is 54.6 Å². The standard InChI is InChI=1S/C23H33N5O4/c1-30-20-12-22(32-3)21(31-2)11-16(20)13-27-10-6-9-18(27)14-28-15-19(25-26-28)23(29)24-17-7-4-5-8-17/h11-12,15,17-18H,4-10,13-14H2,1-3H3,(H,24,29)/t18-/m0/s1. The minimum atomic E-state index is -0.124. The average molecular weight is 444 g/mol. The molecule has 1 aromatic heterocycles. The van der Waals surface area contributed by atoms with Gasteiger partial charge in [0.25, 0.3) is 5.91 Å². The van der Waals surface area contributed by atoms with Gasteiger partial charge in [-0.1, -0.05) is 18.1 Å². The molecule has 1 amide bonds. The SMILES string of the molecule is COc1cc(OC)c(OC)cc1CN1CCC[C@H]1Cn1cc(C(=O)NC2CCCC2)nn1. The van der Waals surface area contributed by atoms with Crippen LogP contribution in [0.25, 0.3) is 0 Å². The van der Waals surface area contributed by atoms with Crippen LogP contribution in [0, 0.1) is 0 Å². The van der Waals surface area contributed by atoms with Crippen LogP contribution in [0.4, 0.5) is 0 Å². The molecule has 32 heavy (non-hydrogen) atoms. The van der Waals surface area contributed by atoms with Gasteiger partial charge in [0.15, 0.2) is 17.2 Å². The van der Waals surface area contributed by atoms with Gasteiger partial charge in [-0.2, -0.15) is 0 Å². The van der Waals surface area contributed by atoms with Gasteiger partial charge in [0.1, 0.15) is 5.75 Å². The number of nitrogens with zero attached hydrogens (tertiary/aromatic N) is 4. The molecular formula is C23H33N5O4. The predicted octanol–water partition coefficient (Wildman–Crippen LogP) is 2.64. The Labute approximate surface area is 189 Å². The van der Waals surface area contributed by atoms with E-state index in [1.807, 2.05) is 12.1 Å². The summed E-state index contributed by atoms with van der Waals surface area (Å²) in [7, 11) is 4.92. The molecule has 4 rings (SSSR count). The van der Waals surface area contributed by atoms with Gasteiger partial charge in [0.2, 0.25) is 0 Å². The number of likely N-dealkylation sites (tertiary alicyclic amines) is 1. The number of benzene rings is 1. The lowest BCUT2D eigenvalue weighted by atomic mass is 10.1. The molecule has 9 nitrogen and oxygen atoms in total. The molecule has 1 aromatic carbocycles. The Kier molecular flexibility index (Phi) is 7.14. The van der Waals surface area contributed by atoms with Crippen LogP contribution >= 0.6 is 0 Å². The molecule has 1 saturated heterocycles. The summed E-state index contributed by atoms with van der Waals surface area (Å²) in [5, 5.41) is 11.4. The number of carbonyl (C=O) groups is 1. The number of hydrogen-bond acceptors (Lipinski definition) is 7. The second-order valence-electron chi connectivity index (χ2n) is 8.57. The first-order chi connectivity index (χ1) is 15.6. The molecule has 1 aliphatic heterocycles. The predicted molar refractivity (Wildman–Crippen MR) is 119 cm³/mol.